The van der Waals surface area contributed by atoms with Crippen LogP contribution in [0.5, 0.6) is 5.75 Å². The van der Waals surface area contributed by atoms with Crippen molar-refractivity contribution >= 4 is 27.7 Å². The van der Waals surface area contributed by atoms with Crippen LogP contribution in [0.1, 0.15) is 34.2 Å². The van der Waals surface area contributed by atoms with Gasteiger partial charge in [0.25, 0.3) is 0 Å². The number of esters is 1. The number of rotatable bonds is 7. The number of ether oxygens (including phenoxy) is 2. The van der Waals surface area contributed by atoms with Crippen LogP contribution in [0.25, 0.3) is 0 Å². The standard InChI is InChI=1S/C19H22BrNO4/c1-5-21-13(3)9-15(14(21)4)17(22)10-25-19(23)11-24-18-7-6-12(2)8-16(18)20/h6-9H,5,10-11H2,1-4H3. The van der Waals surface area contributed by atoms with E-state index in [1.165, 1.54) is 0 Å². The first kappa shape index (κ1) is 19.2. The van der Waals surface area contributed by atoms with Crippen LogP contribution >= 0.6 is 15.9 Å². The number of aryl methyl sites for hydroxylation is 2. The summed E-state index contributed by atoms with van der Waals surface area (Å²) in [6.07, 6.45) is 0. The van der Waals surface area contributed by atoms with Crippen molar-refractivity contribution in [3.05, 3.63) is 51.3 Å². The molecule has 0 aliphatic rings. The molecule has 0 fully saturated rings. The maximum absolute atomic E-state index is 12.3. The van der Waals surface area contributed by atoms with Crippen molar-refractivity contribution in [2.24, 2.45) is 0 Å². The highest BCUT2D eigenvalue weighted by Gasteiger charge is 2.17. The van der Waals surface area contributed by atoms with E-state index in [0.717, 1.165) is 28.0 Å². The SMILES string of the molecule is CCn1c(C)cc(C(=O)COC(=O)COc2ccc(C)cc2Br)c1C. The van der Waals surface area contributed by atoms with Gasteiger partial charge in [0.05, 0.1) is 4.47 Å². The number of carbonyl (C=O) groups excluding carboxylic acids is 2. The molecule has 0 radical (unpaired) electrons. The Bertz CT molecular complexity index is 795. The molecule has 0 saturated carbocycles. The first-order valence-corrected chi connectivity index (χ1v) is 8.87. The van der Waals surface area contributed by atoms with Gasteiger partial charge < -0.3 is 14.0 Å². The zero-order valence-corrected chi connectivity index (χ0v) is 16.5. The van der Waals surface area contributed by atoms with E-state index in [2.05, 4.69) is 15.9 Å². The molecule has 0 bridgehead atoms. The summed E-state index contributed by atoms with van der Waals surface area (Å²) in [5, 5.41) is 0. The Morgan fingerprint density at radius 3 is 2.44 bits per heavy atom. The van der Waals surface area contributed by atoms with Gasteiger partial charge in [-0.05, 0) is 67.4 Å². The molecule has 1 heterocycles. The summed E-state index contributed by atoms with van der Waals surface area (Å²) in [7, 11) is 0. The third-order valence-electron chi connectivity index (χ3n) is 3.99. The fourth-order valence-electron chi connectivity index (χ4n) is 2.70. The van der Waals surface area contributed by atoms with Gasteiger partial charge in [-0.2, -0.15) is 0 Å². The number of aromatic nitrogens is 1. The van der Waals surface area contributed by atoms with E-state index < -0.39 is 5.97 Å². The van der Waals surface area contributed by atoms with E-state index in [-0.39, 0.29) is 19.0 Å². The number of hydrogen-bond acceptors (Lipinski definition) is 4. The number of carbonyl (C=O) groups is 2. The second-order valence-corrected chi connectivity index (χ2v) is 6.69. The Morgan fingerprint density at radius 1 is 1.12 bits per heavy atom. The molecule has 2 aromatic rings. The molecule has 6 heteroatoms. The Kier molecular flexibility index (Phi) is 6.42. The molecule has 1 aromatic carbocycles. The van der Waals surface area contributed by atoms with Crippen molar-refractivity contribution in [3.8, 4) is 5.75 Å². The minimum absolute atomic E-state index is 0.210. The highest BCUT2D eigenvalue weighted by molar-refractivity contribution is 9.10. The number of benzene rings is 1. The number of Topliss-reactive ketones (excluding diaryl/α,β-unsaturated/α-hetero) is 1. The van der Waals surface area contributed by atoms with E-state index in [1.807, 2.05) is 50.5 Å². The minimum atomic E-state index is -0.579. The Morgan fingerprint density at radius 2 is 1.84 bits per heavy atom. The lowest BCUT2D eigenvalue weighted by Crippen LogP contribution is -2.20. The molecule has 5 nitrogen and oxygen atoms in total. The highest BCUT2D eigenvalue weighted by Crippen LogP contribution is 2.25. The number of ketones is 1. The van der Waals surface area contributed by atoms with Crippen molar-refractivity contribution in [2.45, 2.75) is 34.2 Å². The molecule has 1 aromatic heterocycles. The van der Waals surface area contributed by atoms with Crippen LogP contribution in [0, 0.1) is 20.8 Å². The molecular formula is C19H22BrNO4. The molecule has 25 heavy (non-hydrogen) atoms. The Balaban J connectivity index is 1.88. The van der Waals surface area contributed by atoms with E-state index in [0.29, 0.717) is 11.3 Å². The van der Waals surface area contributed by atoms with Crippen LogP contribution in [0.4, 0.5) is 0 Å². The fraction of sp³-hybridized carbons (Fsp3) is 0.368. The smallest absolute Gasteiger partial charge is 0.344 e. The number of hydrogen-bond donors (Lipinski definition) is 0. The monoisotopic (exact) mass is 407 g/mol. The first-order chi connectivity index (χ1) is 11.8. The van der Waals surface area contributed by atoms with Crippen molar-refractivity contribution in [2.75, 3.05) is 13.2 Å². The van der Waals surface area contributed by atoms with Crippen LogP contribution in [0.2, 0.25) is 0 Å². The van der Waals surface area contributed by atoms with Crippen LogP contribution < -0.4 is 4.74 Å². The first-order valence-electron chi connectivity index (χ1n) is 8.08. The molecule has 0 unspecified atom stereocenters. The molecule has 0 N–H and O–H groups in total. The predicted molar refractivity (Wildman–Crippen MR) is 99.2 cm³/mol. The summed E-state index contributed by atoms with van der Waals surface area (Å²) in [6.45, 7) is 8.09. The lowest BCUT2D eigenvalue weighted by Gasteiger charge is -2.09. The second-order valence-electron chi connectivity index (χ2n) is 5.84. The summed E-state index contributed by atoms with van der Waals surface area (Å²) in [5.74, 6) is -0.233. The van der Waals surface area contributed by atoms with E-state index >= 15 is 0 Å². The van der Waals surface area contributed by atoms with E-state index in [1.54, 1.807) is 6.07 Å². The van der Waals surface area contributed by atoms with Crippen molar-refractivity contribution in [1.82, 2.24) is 4.57 Å². The topological polar surface area (TPSA) is 57.5 Å². The van der Waals surface area contributed by atoms with Gasteiger partial charge in [-0.25, -0.2) is 4.79 Å². The molecule has 0 aliphatic carbocycles. The van der Waals surface area contributed by atoms with Gasteiger partial charge in [0.15, 0.2) is 13.2 Å². The molecule has 134 valence electrons. The van der Waals surface area contributed by atoms with Crippen LogP contribution in [-0.4, -0.2) is 29.5 Å². The van der Waals surface area contributed by atoms with Gasteiger partial charge in [0.1, 0.15) is 5.75 Å². The third-order valence-corrected chi connectivity index (χ3v) is 4.61. The van der Waals surface area contributed by atoms with Gasteiger partial charge in [-0.3, -0.25) is 4.79 Å². The van der Waals surface area contributed by atoms with Gasteiger partial charge in [-0.1, -0.05) is 6.07 Å². The quantitative estimate of drug-likeness (QED) is 0.513. The molecule has 2 rings (SSSR count). The van der Waals surface area contributed by atoms with Crippen molar-refractivity contribution in [1.29, 1.82) is 0 Å². The van der Waals surface area contributed by atoms with E-state index in [4.69, 9.17) is 9.47 Å². The molecule has 0 amide bonds. The summed E-state index contributed by atoms with van der Waals surface area (Å²) in [6, 6.07) is 7.39. The van der Waals surface area contributed by atoms with Gasteiger partial charge in [0, 0.05) is 23.5 Å². The van der Waals surface area contributed by atoms with Crippen molar-refractivity contribution in [3.63, 3.8) is 0 Å². The summed E-state index contributed by atoms with van der Waals surface area (Å²) >= 11 is 3.38. The van der Waals surface area contributed by atoms with E-state index in [9.17, 15) is 9.59 Å². The number of nitrogens with zero attached hydrogens (tertiary/aromatic N) is 1. The third kappa shape index (κ3) is 4.72. The summed E-state index contributed by atoms with van der Waals surface area (Å²) < 4.78 is 13.3. The zero-order valence-electron chi connectivity index (χ0n) is 14.9. The molecular weight excluding hydrogens is 386 g/mol. The predicted octanol–water partition coefficient (Wildman–Crippen LogP) is 4.00. The normalized spacial score (nSPS) is 10.6. The largest absolute Gasteiger partial charge is 0.481 e. The second kappa shape index (κ2) is 8.34. The maximum atomic E-state index is 12.3. The number of halogens is 1. The lowest BCUT2D eigenvalue weighted by atomic mass is 10.1. The van der Waals surface area contributed by atoms with Crippen LogP contribution in [0.3, 0.4) is 0 Å². The Labute approximate surface area is 156 Å². The molecule has 0 saturated heterocycles. The lowest BCUT2D eigenvalue weighted by molar-refractivity contribution is -0.144. The fourth-order valence-corrected chi connectivity index (χ4v) is 3.30. The highest BCUT2D eigenvalue weighted by atomic mass is 79.9. The van der Waals surface area contributed by atoms with Crippen LogP contribution in [-0.2, 0) is 16.1 Å². The van der Waals surface area contributed by atoms with Crippen LogP contribution in [0.15, 0.2) is 28.7 Å². The summed E-state index contributed by atoms with van der Waals surface area (Å²) in [5.41, 5.74) is 3.58. The van der Waals surface area contributed by atoms with Gasteiger partial charge in [-0.15, -0.1) is 0 Å². The summed E-state index contributed by atoms with van der Waals surface area (Å²) in [4.78, 5) is 24.1. The minimum Gasteiger partial charge on any atom is -0.481 e. The van der Waals surface area contributed by atoms with Gasteiger partial charge >= 0.3 is 5.97 Å². The Hall–Kier alpha value is -2.08. The zero-order chi connectivity index (χ0) is 18.6. The van der Waals surface area contributed by atoms with Crippen molar-refractivity contribution < 1.29 is 19.1 Å². The average Bonchev–Trinajstić information content (AvgIpc) is 2.85. The molecule has 0 atom stereocenters. The maximum Gasteiger partial charge on any atom is 0.344 e. The molecule has 0 aliphatic heterocycles. The van der Waals surface area contributed by atoms with Gasteiger partial charge in [0.2, 0.25) is 5.78 Å². The molecule has 0 spiro atoms. The average molecular weight is 408 g/mol.